The molecule has 3 heterocycles. The molecule has 2 atom stereocenters. The number of hydrogen-bond donors (Lipinski definition) is 0. The summed E-state index contributed by atoms with van der Waals surface area (Å²) in [5, 5.41) is 0. The van der Waals surface area contributed by atoms with Gasteiger partial charge in [-0.05, 0) is 51.2 Å². The maximum atomic E-state index is 11.8. The zero-order valence-electron chi connectivity index (χ0n) is 12.5. The molecule has 3 aliphatic heterocycles. The minimum absolute atomic E-state index is 0.473. The molecular weight excluding hydrogens is 236 g/mol. The van der Waals surface area contributed by atoms with Gasteiger partial charge in [0.2, 0.25) is 0 Å². The largest absolute Gasteiger partial charge is 0.306 e. The number of fused-ring (bicyclic) bond motifs is 2. The highest BCUT2D eigenvalue weighted by Gasteiger charge is 2.41. The van der Waals surface area contributed by atoms with Gasteiger partial charge in [-0.25, -0.2) is 0 Å². The van der Waals surface area contributed by atoms with Crippen molar-refractivity contribution >= 4 is 5.78 Å². The Morgan fingerprint density at radius 3 is 2.32 bits per heavy atom. The van der Waals surface area contributed by atoms with Gasteiger partial charge in [0.25, 0.3) is 0 Å². The molecule has 0 aromatic rings. The van der Waals surface area contributed by atoms with E-state index in [2.05, 4.69) is 23.8 Å². The van der Waals surface area contributed by atoms with Gasteiger partial charge in [-0.2, -0.15) is 0 Å². The summed E-state index contributed by atoms with van der Waals surface area (Å²) in [6.45, 7) is 6.16. The number of nitrogens with zero attached hydrogens (tertiary/aromatic N) is 2. The SMILES string of the molecule is CN1CCC(C)(CN2C3CCCC2CC(=O)C3)CC1. The zero-order chi connectivity index (χ0) is 13.5. The van der Waals surface area contributed by atoms with Crippen LogP contribution in [0.5, 0.6) is 0 Å². The predicted octanol–water partition coefficient (Wildman–Crippen LogP) is 2.30. The Morgan fingerprint density at radius 2 is 1.74 bits per heavy atom. The molecule has 2 bridgehead atoms. The predicted molar refractivity (Wildman–Crippen MR) is 77.2 cm³/mol. The van der Waals surface area contributed by atoms with Gasteiger partial charge in [0.05, 0.1) is 0 Å². The van der Waals surface area contributed by atoms with E-state index in [-0.39, 0.29) is 0 Å². The van der Waals surface area contributed by atoms with E-state index in [1.54, 1.807) is 0 Å². The van der Waals surface area contributed by atoms with Gasteiger partial charge in [-0.1, -0.05) is 13.3 Å². The molecule has 0 amide bonds. The van der Waals surface area contributed by atoms with Crippen molar-refractivity contribution in [1.29, 1.82) is 0 Å². The number of Topliss-reactive ketones (excluding diaryl/α,β-unsaturated/α-hetero) is 1. The summed E-state index contributed by atoms with van der Waals surface area (Å²) < 4.78 is 0. The second kappa shape index (κ2) is 5.17. The lowest BCUT2D eigenvalue weighted by Crippen LogP contribution is -2.56. The van der Waals surface area contributed by atoms with Crippen molar-refractivity contribution in [3.63, 3.8) is 0 Å². The first-order valence-corrected chi connectivity index (χ1v) is 8.02. The fourth-order valence-electron chi connectivity index (χ4n) is 4.28. The van der Waals surface area contributed by atoms with Gasteiger partial charge in [0.1, 0.15) is 5.78 Å². The monoisotopic (exact) mass is 264 g/mol. The van der Waals surface area contributed by atoms with Crippen LogP contribution in [0.1, 0.15) is 51.9 Å². The lowest BCUT2D eigenvalue weighted by Gasteiger charge is -2.50. The van der Waals surface area contributed by atoms with Gasteiger partial charge in [-0.15, -0.1) is 0 Å². The van der Waals surface area contributed by atoms with Crippen LogP contribution >= 0.6 is 0 Å². The van der Waals surface area contributed by atoms with Crippen LogP contribution in [0.15, 0.2) is 0 Å². The maximum absolute atomic E-state index is 11.8. The minimum Gasteiger partial charge on any atom is -0.306 e. The first kappa shape index (κ1) is 13.6. The molecule has 0 N–H and O–H groups in total. The van der Waals surface area contributed by atoms with Crippen LogP contribution in [0.3, 0.4) is 0 Å². The van der Waals surface area contributed by atoms with Gasteiger partial charge >= 0.3 is 0 Å². The molecule has 0 aliphatic carbocycles. The number of likely N-dealkylation sites (tertiary alicyclic amines) is 1. The molecule has 108 valence electrons. The average Bonchev–Trinajstić information content (AvgIpc) is 2.35. The Bertz CT molecular complexity index is 331. The van der Waals surface area contributed by atoms with Crippen LogP contribution in [0.25, 0.3) is 0 Å². The number of piperidine rings is 3. The summed E-state index contributed by atoms with van der Waals surface area (Å²) in [7, 11) is 2.23. The molecule has 19 heavy (non-hydrogen) atoms. The van der Waals surface area contributed by atoms with Crippen molar-refractivity contribution in [3.05, 3.63) is 0 Å². The fourth-order valence-corrected chi connectivity index (χ4v) is 4.28. The van der Waals surface area contributed by atoms with Crippen molar-refractivity contribution in [1.82, 2.24) is 9.80 Å². The van der Waals surface area contributed by atoms with E-state index in [9.17, 15) is 4.79 Å². The summed E-state index contributed by atoms with van der Waals surface area (Å²) in [5.41, 5.74) is 0.473. The summed E-state index contributed by atoms with van der Waals surface area (Å²) in [6, 6.07) is 1.13. The van der Waals surface area contributed by atoms with Gasteiger partial charge < -0.3 is 4.90 Å². The third-order valence-corrected chi connectivity index (χ3v) is 5.70. The zero-order valence-corrected chi connectivity index (χ0v) is 12.5. The molecule has 3 aliphatic rings. The molecule has 0 aromatic heterocycles. The van der Waals surface area contributed by atoms with Crippen molar-refractivity contribution < 1.29 is 4.79 Å². The molecule has 2 unspecified atom stereocenters. The third kappa shape index (κ3) is 2.87. The van der Waals surface area contributed by atoms with Crippen LogP contribution in [0.4, 0.5) is 0 Å². The van der Waals surface area contributed by atoms with E-state index in [1.807, 2.05) is 0 Å². The van der Waals surface area contributed by atoms with Crippen LogP contribution in [0, 0.1) is 5.41 Å². The number of ketones is 1. The summed E-state index contributed by atoms with van der Waals surface area (Å²) >= 11 is 0. The Labute approximate surface area is 117 Å². The Balaban J connectivity index is 1.67. The molecule has 3 rings (SSSR count). The molecule has 3 fully saturated rings. The van der Waals surface area contributed by atoms with Crippen LogP contribution in [0.2, 0.25) is 0 Å². The Morgan fingerprint density at radius 1 is 1.16 bits per heavy atom. The third-order valence-electron chi connectivity index (χ3n) is 5.70. The van der Waals surface area contributed by atoms with Crippen LogP contribution < -0.4 is 0 Å². The summed E-state index contributed by atoms with van der Waals surface area (Å²) in [4.78, 5) is 17.0. The molecule has 0 aromatic carbocycles. The van der Waals surface area contributed by atoms with E-state index in [4.69, 9.17) is 0 Å². The van der Waals surface area contributed by atoms with Gasteiger partial charge in [0, 0.05) is 31.5 Å². The number of carbonyl (C=O) groups is 1. The van der Waals surface area contributed by atoms with Crippen molar-refractivity contribution in [3.8, 4) is 0 Å². The van der Waals surface area contributed by atoms with E-state index in [0.29, 0.717) is 23.3 Å². The first-order chi connectivity index (χ1) is 9.06. The standard InChI is InChI=1S/C16H28N2O/c1-16(6-8-17(2)9-7-16)12-18-13-4-3-5-14(18)11-15(19)10-13/h13-14H,3-12H2,1-2H3. The summed E-state index contributed by atoms with van der Waals surface area (Å²) in [6.07, 6.45) is 8.11. The second-order valence-corrected chi connectivity index (χ2v) is 7.47. The highest BCUT2D eigenvalue weighted by Crippen LogP contribution is 2.38. The first-order valence-electron chi connectivity index (χ1n) is 8.02. The van der Waals surface area contributed by atoms with Gasteiger partial charge in [-0.3, -0.25) is 9.69 Å². The molecule has 0 radical (unpaired) electrons. The highest BCUT2D eigenvalue weighted by atomic mass is 16.1. The van der Waals surface area contributed by atoms with E-state index in [1.165, 1.54) is 51.7 Å². The smallest absolute Gasteiger partial charge is 0.136 e. The lowest BCUT2D eigenvalue weighted by atomic mass is 9.76. The molecule has 0 saturated carbocycles. The highest BCUT2D eigenvalue weighted by molar-refractivity contribution is 5.80. The molecular formula is C16H28N2O. The van der Waals surface area contributed by atoms with Crippen molar-refractivity contribution in [2.75, 3.05) is 26.7 Å². The lowest BCUT2D eigenvalue weighted by molar-refractivity contribution is -0.128. The Kier molecular flexibility index (Phi) is 3.69. The second-order valence-electron chi connectivity index (χ2n) is 7.47. The summed E-state index contributed by atoms with van der Waals surface area (Å²) in [5.74, 6) is 0.513. The molecule has 3 nitrogen and oxygen atoms in total. The number of hydrogen-bond acceptors (Lipinski definition) is 3. The minimum atomic E-state index is 0.473. The van der Waals surface area contributed by atoms with Gasteiger partial charge in [0.15, 0.2) is 0 Å². The fraction of sp³-hybridized carbons (Fsp3) is 0.938. The molecule has 0 spiro atoms. The van der Waals surface area contributed by atoms with Crippen molar-refractivity contribution in [2.45, 2.75) is 64.0 Å². The number of rotatable bonds is 2. The van der Waals surface area contributed by atoms with E-state index < -0.39 is 0 Å². The molecule has 3 saturated heterocycles. The van der Waals surface area contributed by atoms with E-state index >= 15 is 0 Å². The topological polar surface area (TPSA) is 23.6 Å². The molecule has 3 heteroatoms. The normalized spacial score (nSPS) is 36.4. The maximum Gasteiger partial charge on any atom is 0.136 e. The van der Waals surface area contributed by atoms with Crippen molar-refractivity contribution in [2.24, 2.45) is 5.41 Å². The quantitative estimate of drug-likeness (QED) is 0.764. The van der Waals surface area contributed by atoms with Crippen LogP contribution in [-0.4, -0.2) is 54.3 Å². The Hall–Kier alpha value is -0.410. The van der Waals surface area contributed by atoms with E-state index in [0.717, 1.165) is 12.8 Å². The number of carbonyl (C=O) groups excluding carboxylic acids is 1. The average molecular weight is 264 g/mol. The van der Waals surface area contributed by atoms with Crippen LogP contribution in [-0.2, 0) is 4.79 Å².